The number of halogens is 4. The monoisotopic (exact) mass is 255 g/mol. The molecule has 0 radical (unpaired) electrons. The highest BCUT2D eigenvalue weighted by Crippen LogP contribution is 2.45. The van der Waals surface area contributed by atoms with E-state index >= 15 is 0 Å². The molecular formula is C8H9BrF3N. The number of nitrogens with zero attached hydrogens (tertiary/aromatic N) is 1. The summed E-state index contributed by atoms with van der Waals surface area (Å²) in [5.41, 5.74) is 0. The molecule has 2 unspecified atom stereocenters. The maximum atomic E-state index is 12.3. The van der Waals surface area contributed by atoms with Gasteiger partial charge in [0, 0.05) is 0 Å². The molecule has 0 aromatic heterocycles. The SMILES string of the molecule is N#CC1(Br)CCCC(C(F)(F)F)C1. The lowest BCUT2D eigenvalue weighted by molar-refractivity contribution is -0.182. The molecule has 5 heteroatoms. The van der Waals surface area contributed by atoms with Gasteiger partial charge in [0.1, 0.15) is 4.32 Å². The molecule has 0 amide bonds. The summed E-state index contributed by atoms with van der Waals surface area (Å²) in [6, 6.07) is 1.90. The summed E-state index contributed by atoms with van der Waals surface area (Å²) >= 11 is 3.07. The first-order chi connectivity index (χ1) is 5.87. The van der Waals surface area contributed by atoms with Gasteiger partial charge in [0.25, 0.3) is 0 Å². The Hall–Kier alpha value is -0.240. The van der Waals surface area contributed by atoms with Crippen LogP contribution in [0, 0.1) is 17.2 Å². The molecule has 1 fully saturated rings. The molecule has 0 aromatic carbocycles. The topological polar surface area (TPSA) is 23.8 Å². The van der Waals surface area contributed by atoms with Gasteiger partial charge in [0.2, 0.25) is 0 Å². The van der Waals surface area contributed by atoms with Gasteiger partial charge in [-0.3, -0.25) is 0 Å². The van der Waals surface area contributed by atoms with E-state index in [0.717, 1.165) is 0 Å². The molecule has 0 N–H and O–H groups in total. The Kier molecular flexibility index (Phi) is 2.91. The second kappa shape index (κ2) is 3.49. The van der Waals surface area contributed by atoms with E-state index in [9.17, 15) is 13.2 Å². The second-order valence-corrected chi connectivity index (χ2v) is 4.93. The van der Waals surface area contributed by atoms with Gasteiger partial charge in [-0.25, -0.2) is 0 Å². The summed E-state index contributed by atoms with van der Waals surface area (Å²) in [7, 11) is 0. The van der Waals surface area contributed by atoms with Crippen molar-refractivity contribution in [3.8, 4) is 6.07 Å². The van der Waals surface area contributed by atoms with E-state index < -0.39 is 16.4 Å². The third-order valence-corrected chi connectivity index (χ3v) is 3.26. The highest BCUT2D eigenvalue weighted by atomic mass is 79.9. The zero-order valence-electron chi connectivity index (χ0n) is 6.86. The summed E-state index contributed by atoms with van der Waals surface area (Å²) in [4.78, 5) is 0. The van der Waals surface area contributed by atoms with Gasteiger partial charge >= 0.3 is 6.18 Å². The zero-order chi connectivity index (χ0) is 10.1. The molecule has 0 bridgehead atoms. The molecule has 2 atom stereocenters. The smallest absolute Gasteiger partial charge is 0.197 e. The second-order valence-electron chi connectivity index (χ2n) is 3.41. The number of hydrogen-bond donors (Lipinski definition) is 0. The van der Waals surface area contributed by atoms with E-state index in [2.05, 4.69) is 15.9 Å². The lowest BCUT2D eigenvalue weighted by Gasteiger charge is -2.32. The molecule has 1 nitrogen and oxygen atoms in total. The molecule has 0 saturated heterocycles. The van der Waals surface area contributed by atoms with Gasteiger partial charge in [-0.1, -0.05) is 22.4 Å². The summed E-state index contributed by atoms with van der Waals surface area (Å²) < 4.78 is 35.9. The van der Waals surface area contributed by atoms with E-state index in [1.165, 1.54) is 0 Å². The van der Waals surface area contributed by atoms with E-state index in [1.54, 1.807) is 0 Å². The average Bonchev–Trinajstić information content (AvgIpc) is 2.03. The van der Waals surface area contributed by atoms with Crippen molar-refractivity contribution in [3.63, 3.8) is 0 Å². The largest absolute Gasteiger partial charge is 0.391 e. The van der Waals surface area contributed by atoms with Gasteiger partial charge in [0.05, 0.1) is 12.0 Å². The molecule has 0 heterocycles. The zero-order valence-corrected chi connectivity index (χ0v) is 8.45. The van der Waals surface area contributed by atoms with Crippen molar-refractivity contribution in [1.82, 2.24) is 0 Å². The normalized spacial score (nSPS) is 35.5. The highest BCUT2D eigenvalue weighted by molar-refractivity contribution is 9.10. The minimum Gasteiger partial charge on any atom is -0.197 e. The van der Waals surface area contributed by atoms with Crippen LogP contribution in [0.5, 0.6) is 0 Å². The van der Waals surface area contributed by atoms with Crippen LogP contribution in [0.2, 0.25) is 0 Å². The van der Waals surface area contributed by atoms with Gasteiger partial charge in [-0.15, -0.1) is 0 Å². The number of nitriles is 1. The van der Waals surface area contributed by atoms with Crippen LogP contribution in [0.25, 0.3) is 0 Å². The minimum atomic E-state index is -4.16. The maximum Gasteiger partial charge on any atom is 0.391 e. The van der Waals surface area contributed by atoms with E-state index in [1.807, 2.05) is 6.07 Å². The third kappa shape index (κ3) is 2.60. The standard InChI is InChI=1S/C8H9BrF3N/c9-7(5-13)3-1-2-6(4-7)8(10,11)12/h6H,1-4H2. The van der Waals surface area contributed by atoms with Crippen LogP contribution < -0.4 is 0 Å². The molecule has 1 aliphatic rings. The molecule has 74 valence electrons. The van der Waals surface area contributed by atoms with E-state index in [0.29, 0.717) is 12.8 Å². The molecule has 0 aromatic rings. The Morgan fingerprint density at radius 2 is 2.08 bits per heavy atom. The summed E-state index contributed by atoms with van der Waals surface area (Å²) in [5, 5.41) is 8.67. The molecule has 1 aliphatic carbocycles. The van der Waals surface area contributed by atoms with Crippen LogP contribution in [0.3, 0.4) is 0 Å². The van der Waals surface area contributed by atoms with Crippen LogP contribution in [0.4, 0.5) is 13.2 Å². The fraction of sp³-hybridized carbons (Fsp3) is 0.875. The van der Waals surface area contributed by atoms with Gasteiger partial charge in [0.15, 0.2) is 0 Å². The van der Waals surface area contributed by atoms with Gasteiger partial charge in [-0.05, 0) is 19.3 Å². The fourth-order valence-electron chi connectivity index (χ4n) is 1.60. The van der Waals surface area contributed by atoms with Crippen LogP contribution in [-0.4, -0.2) is 10.5 Å². The van der Waals surface area contributed by atoms with Crippen molar-refractivity contribution in [2.75, 3.05) is 0 Å². The van der Waals surface area contributed by atoms with Crippen LogP contribution in [0.15, 0.2) is 0 Å². The van der Waals surface area contributed by atoms with Gasteiger partial charge < -0.3 is 0 Å². The molecule has 1 rings (SSSR count). The highest BCUT2D eigenvalue weighted by Gasteiger charge is 2.46. The first kappa shape index (κ1) is 10.8. The number of hydrogen-bond acceptors (Lipinski definition) is 1. The van der Waals surface area contributed by atoms with E-state index in [-0.39, 0.29) is 12.8 Å². The lowest BCUT2D eigenvalue weighted by atomic mass is 9.81. The quantitative estimate of drug-likeness (QED) is 0.609. The first-order valence-electron chi connectivity index (χ1n) is 4.04. The third-order valence-electron chi connectivity index (χ3n) is 2.36. The van der Waals surface area contributed by atoms with Crippen molar-refractivity contribution in [1.29, 1.82) is 5.26 Å². The Labute approximate surface area is 83.0 Å². The average molecular weight is 256 g/mol. The van der Waals surface area contributed by atoms with E-state index in [4.69, 9.17) is 5.26 Å². The Balaban J connectivity index is 2.69. The molecule has 13 heavy (non-hydrogen) atoms. The first-order valence-corrected chi connectivity index (χ1v) is 4.83. The van der Waals surface area contributed by atoms with Crippen LogP contribution in [-0.2, 0) is 0 Å². The van der Waals surface area contributed by atoms with Crippen molar-refractivity contribution in [2.24, 2.45) is 5.92 Å². The summed E-state index contributed by atoms with van der Waals surface area (Å²) in [6.07, 6.45) is -3.15. The number of alkyl halides is 4. The molecule has 0 spiro atoms. The number of rotatable bonds is 0. The Morgan fingerprint density at radius 1 is 1.46 bits per heavy atom. The maximum absolute atomic E-state index is 12.3. The molecule has 0 aliphatic heterocycles. The van der Waals surface area contributed by atoms with Crippen molar-refractivity contribution >= 4 is 15.9 Å². The van der Waals surface area contributed by atoms with Crippen molar-refractivity contribution in [2.45, 2.75) is 36.2 Å². The minimum absolute atomic E-state index is 0.118. The van der Waals surface area contributed by atoms with Crippen LogP contribution >= 0.6 is 15.9 Å². The summed E-state index contributed by atoms with van der Waals surface area (Å²) in [5.74, 6) is -1.32. The predicted molar refractivity (Wildman–Crippen MR) is 45.3 cm³/mol. The lowest BCUT2D eigenvalue weighted by Crippen LogP contribution is -2.35. The molecular weight excluding hydrogens is 247 g/mol. The molecule has 1 saturated carbocycles. The fourth-order valence-corrected chi connectivity index (χ4v) is 2.28. The predicted octanol–water partition coefficient (Wildman–Crippen LogP) is 3.40. The summed E-state index contributed by atoms with van der Waals surface area (Å²) in [6.45, 7) is 0. The van der Waals surface area contributed by atoms with Crippen molar-refractivity contribution in [3.05, 3.63) is 0 Å². The van der Waals surface area contributed by atoms with Crippen molar-refractivity contribution < 1.29 is 13.2 Å². The Morgan fingerprint density at radius 3 is 2.54 bits per heavy atom. The Bertz CT molecular complexity index is 233. The van der Waals surface area contributed by atoms with Crippen LogP contribution in [0.1, 0.15) is 25.7 Å². The van der Waals surface area contributed by atoms with Gasteiger partial charge in [-0.2, -0.15) is 18.4 Å².